The van der Waals surface area contributed by atoms with E-state index in [0.29, 0.717) is 35.9 Å². The second kappa shape index (κ2) is 10.4. The van der Waals surface area contributed by atoms with Crippen molar-refractivity contribution < 1.29 is 19.1 Å². The van der Waals surface area contributed by atoms with E-state index in [1.807, 2.05) is 61.5 Å². The molecule has 0 spiro atoms. The van der Waals surface area contributed by atoms with E-state index in [0.717, 1.165) is 44.8 Å². The Labute approximate surface area is 188 Å². The fraction of sp³-hybridized carbons (Fsp3) is 0.360. The average Bonchev–Trinajstić information content (AvgIpc) is 3.05. The van der Waals surface area contributed by atoms with E-state index < -0.39 is 0 Å². The maximum Gasteiger partial charge on any atom is 0.278 e. The summed E-state index contributed by atoms with van der Waals surface area (Å²) in [5.74, 6) is 0.155. The molecular formula is C25H29N3O4. The molecule has 7 heteroatoms. The van der Waals surface area contributed by atoms with Crippen molar-refractivity contribution in [1.29, 1.82) is 0 Å². The van der Waals surface area contributed by atoms with Gasteiger partial charge in [-0.1, -0.05) is 36.4 Å². The van der Waals surface area contributed by atoms with Gasteiger partial charge in [0.1, 0.15) is 11.4 Å². The van der Waals surface area contributed by atoms with Gasteiger partial charge in [-0.2, -0.15) is 0 Å². The first-order valence-electron chi connectivity index (χ1n) is 11.1. The van der Waals surface area contributed by atoms with Crippen LogP contribution in [0.2, 0.25) is 0 Å². The first-order chi connectivity index (χ1) is 15.7. The largest absolute Gasteiger partial charge is 0.494 e. The Balaban J connectivity index is 1.54. The lowest BCUT2D eigenvalue weighted by Gasteiger charge is -2.27. The van der Waals surface area contributed by atoms with E-state index in [2.05, 4.69) is 10.2 Å². The molecule has 2 amide bonds. The van der Waals surface area contributed by atoms with Gasteiger partial charge in [0.15, 0.2) is 0 Å². The van der Waals surface area contributed by atoms with Crippen LogP contribution >= 0.6 is 0 Å². The second-order valence-electron chi connectivity index (χ2n) is 7.77. The minimum atomic E-state index is -0.294. The maximum atomic E-state index is 13.3. The number of carbonyl (C=O) groups excluding carboxylic acids is 2. The fourth-order valence-corrected chi connectivity index (χ4v) is 4.02. The number of anilines is 1. The monoisotopic (exact) mass is 435 g/mol. The smallest absolute Gasteiger partial charge is 0.278 e. The van der Waals surface area contributed by atoms with Crippen LogP contribution in [-0.4, -0.2) is 67.6 Å². The van der Waals surface area contributed by atoms with Gasteiger partial charge in [-0.3, -0.25) is 19.4 Å². The molecule has 0 aromatic heterocycles. The lowest BCUT2D eigenvalue weighted by Crippen LogP contribution is -2.39. The van der Waals surface area contributed by atoms with E-state index in [1.165, 1.54) is 4.90 Å². The molecule has 1 saturated heterocycles. The van der Waals surface area contributed by atoms with Crippen LogP contribution in [0.4, 0.5) is 5.69 Å². The Morgan fingerprint density at radius 3 is 2.50 bits per heavy atom. The molecule has 0 radical (unpaired) electrons. The molecule has 7 nitrogen and oxygen atoms in total. The van der Waals surface area contributed by atoms with Crippen molar-refractivity contribution in [3.8, 4) is 5.75 Å². The van der Waals surface area contributed by atoms with Crippen molar-refractivity contribution in [2.75, 3.05) is 51.3 Å². The summed E-state index contributed by atoms with van der Waals surface area (Å²) in [7, 11) is 0. The summed E-state index contributed by atoms with van der Waals surface area (Å²) in [4.78, 5) is 30.3. The van der Waals surface area contributed by atoms with Crippen LogP contribution in [0.5, 0.6) is 5.75 Å². The molecule has 2 aliphatic heterocycles. The highest BCUT2D eigenvalue weighted by Crippen LogP contribution is 2.31. The summed E-state index contributed by atoms with van der Waals surface area (Å²) in [6.45, 7) is 6.93. The number of morpholine rings is 1. The maximum absolute atomic E-state index is 13.3. The Hall–Kier alpha value is -3.16. The zero-order chi connectivity index (χ0) is 22.3. The summed E-state index contributed by atoms with van der Waals surface area (Å²) in [6, 6.07) is 16.8. The van der Waals surface area contributed by atoms with Crippen LogP contribution in [0.25, 0.3) is 5.57 Å². The van der Waals surface area contributed by atoms with Crippen molar-refractivity contribution in [2.24, 2.45) is 0 Å². The van der Waals surface area contributed by atoms with Gasteiger partial charge >= 0.3 is 0 Å². The van der Waals surface area contributed by atoms with Gasteiger partial charge in [-0.05, 0) is 31.0 Å². The molecule has 0 unspecified atom stereocenters. The van der Waals surface area contributed by atoms with Crippen molar-refractivity contribution >= 4 is 23.1 Å². The van der Waals surface area contributed by atoms with Gasteiger partial charge in [-0.25, -0.2) is 0 Å². The summed E-state index contributed by atoms with van der Waals surface area (Å²) >= 11 is 0. The van der Waals surface area contributed by atoms with Crippen molar-refractivity contribution in [1.82, 2.24) is 9.80 Å². The molecular weight excluding hydrogens is 406 g/mol. The number of ether oxygens (including phenoxy) is 2. The Kier molecular flexibility index (Phi) is 7.19. The number of nitrogens with zero attached hydrogens (tertiary/aromatic N) is 2. The summed E-state index contributed by atoms with van der Waals surface area (Å²) in [5.41, 5.74) is 2.14. The summed E-state index contributed by atoms with van der Waals surface area (Å²) < 4.78 is 11.0. The fourth-order valence-electron chi connectivity index (χ4n) is 4.02. The van der Waals surface area contributed by atoms with Crippen LogP contribution in [0.3, 0.4) is 0 Å². The topological polar surface area (TPSA) is 71.1 Å². The molecule has 32 heavy (non-hydrogen) atoms. The molecule has 0 bridgehead atoms. The minimum absolute atomic E-state index is 0.258. The van der Waals surface area contributed by atoms with E-state index in [4.69, 9.17) is 9.47 Å². The normalized spacial score (nSPS) is 17.2. The zero-order valence-corrected chi connectivity index (χ0v) is 18.4. The number of hydrogen-bond acceptors (Lipinski definition) is 6. The summed E-state index contributed by atoms with van der Waals surface area (Å²) in [5, 5.41) is 3.20. The molecule has 1 fully saturated rings. The molecule has 1 N–H and O–H groups in total. The minimum Gasteiger partial charge on any atom is -0.494 e. The zero-order valence-electron chi connectivity index (χ0n) is 18.4. The van der Waals surface area contributed by atoms with Gasteiger partial charge in [0.05, 0.1) is 25.4 Å². The van der Waals surface area contributed by atoms with Crippen molar-refractivity contribution in [2.45, 2.75) is 13.3 Å². The third-order valence-electron chi connectivity index (χ3n) is 5.60. The molecule has 4 rings (SSSR count). The van der Waals surface area contributed by atoms with Gasteiger partial charge in [-0.15, -0.1) is 0 Å². The van der Waals surface area contributed by atoms with Crippen LogP contribution in [0.15, 0.2) is 60.3 Å². The van der Waals surface area contributed by atoms with Gasteiger partial charge in [0.2, 0.25) is 0 Å². The predicted molar refractivity (Wildman–Crippen MR) is 123 cm³/mol. The Morgan fingerprint density at radius 1 is 0.969 bits per heavy atom. The quantitative estimate of drug-likeness (QED) is 0.611. The second-order valence-corrected chi connectivity index (χ2v) is 7.77. The number of nitrogens with one attached hydrogen (secondary N) is 1. The third-order valence-corrected chi connectivity index (χ3v) is 5.60. The molecule has 168 valence electrons. The molecule has 2 heterocycles. The highest BCUT2D eigenvalue weighted by molar-refractivity contribution is 6.36. The molecule has 2 aliphatic rings. The van der Waals surface area contributed by atoms with Crippen LogP contribution < -0.4 is 10.1 Å². The highest BCUT2D eigenvalue weighted by Gasteiger charge is 2.38. The number of carbonyl (C=O) groups is 2. The molecule has 2 aromatic rings. The first-order valence-corrected chi connectivity index (χ1v) is 11.1. The van der Waals surface area contributed by atoms with E-state index in [1.54, 1.807) is 0 Å². The molecule has 0 atom stereocenters. The number of benzene rings is 2. The number of imide groups is 1. The number of hydrogen-bond donors (Lipinski definition) is 1. The molecule has 2 aromatic carbocycles. The van der Waals surface area contributed by atoms with E-state index in [-0.39, 0.29) is 11.8 Å². The standard InChI is InChI=1S/C25H29N3O4/c1-2-32-21-11-6-10-20(18-21)26-23-22(19-8-4-3-5-9-19)24(29)28(25(23)30)13-7-12-27-14-16-31-17-15-27/h3-6,8-11,18,26H,2,7,12-17H2,1H3. The van der Waals surface area contributed by atoms with Crippen molar-refractivity contribution in [3.05, 3.63) is 65.9 Å². The predicted octanol–water partition coefficient (Wildman–Crippen LogP) is 3.00. The van der Waals surface area contributed by atoms with Gasteiger partial charge in [0.25, 0.3) is 11.8 Å². The Morgan fingerprint density at radius 2 is 1.75 bits per heavy atom. The number of amides is 2. The number of rotatable bonds is 9. The lowest BCUT2D eigenvalue weighted by molar-refractivity contribution is -0.136. The van der Waals surface area contributed by atoms with Crippen molar-refractivity contribution in [3.63, 3.8) is 0 Å². The van der Waals surface area contributed by atoms with Gasteiger partial charge < -0.3 is 14.8 Å². The lowest BCUT2D eigenvalue weighted by atomic mass is 10.0. The van der Waals surface area contributed by atoms with Crippen LogP contribution in [-0.2, 0) is 14.3 Å². The molecule has 0 saturated carbocycles. The highest BCUT2D eigenvalue weighted by atomic mass is 16.5. The van der Waals surface area contributed by atoms with Gasteiger partial charge in [0, 0.05) is 37.9 Å². The SMILES string of the molecule is CCOc1cccc(NC2=C(c3ccccc3)C(=O)N(CCCN3CCOCC3)C2=O)c1. The van der Waals surface area contributed by atoms with E-state index >= 15 is 0 Å². The van der Waals surface area contributed by atoms with Crippen LogP contribution in [0.1, 0.15) is 18.9 Å². The first kappa shape index (κ1) is 22.0. The van der Waals surface area contributed by atoms with E-state index in [9.17, 15) is 9.59 Å². The molecule has 0 aliphatic carbocycles. The Bertz CT molecular complexity index is 984. The third kappa shape index (κ3) is 5.00. The van der Waals surface area contributed by atoms with Crippen LogP contribution in [0, 0.1) is 0 Å². The average molecular weight is 436 g/mol. The summed E-state index contributed by atoms with van der Waals surface area (Å²) in [6.07, 6.45) is 0.729.